The molecule has 0 aromatic heterocycles. The summed E-state index contributed by atoms with van der Waals surface area (Å²) in [5.41, 5.74) is 6.76. The molecule has 166 valence electrons. The number of hydrogen-bond donors (Lipinski definition) is 4. The molecule has 0 fully saturated rings. The monoisotopic (exact) mass is 467 g/mol. The van der Waals surface area contributed by atoms with Crippen molar-refractivity contribution in [2.75, 3.05) is 6.54 Å². The maximum Gasteiger partial charge on any atom is 0.407 e. The van der Waals surface area contributed by atoms with E-state index in [1.807, 2.05) is 18.2 Å². The number of nitrogens with one attached hydrogen (secondary N) is 2. The van der Waals surface area contributed by atoms with Crippen LogP contribution in [0.2, 0.25) is 10.0 Å². The molecule has 2 atom stereocenters. The zero-order valence-electron chi connectivity index (χ0n) is 16.5. The van der Waals surface area contributed by atoms with Gasteiger partial charge in [-0.1, -0.05) is 59.6 Å². The maximum atomic E-state index is 12.2. The quantitative estimate of drug-likeness (QED) is 0.425. The first-order valence-corrected chi connectivity index (χ1v) is 10.2. The van der Waals surface area contributed by atoms with Crippen LogP contribution in [-0.4, -0.2) is 41.7 Å². The summed E-state index contributed by atoms with van der Waals surface area (Å²) in [4.78, 5) is 35.6. The first-order chi connectivity index (χ1) is 14.7. The number of primary amides is 1. The van der Waals surface area contributed by atoms with Gasteiger partial charge in [-0.05, 0) is 23.3 Å². The highest BCUT2D eigenvalue weighted by Gasteiger charge is 2.21. The van der Waals surface area contributed by atoms with Crippen LogP contribution in [0.5, 0.6) is 0 Å². The summed E-state index contributed by atoms with van der Waals surface area (Å²) in [7, 11) is 0. The molecular weight excluding hydrogens is 445 g/mol. The lowest BCUT2D eigenvalue weighted by Crippen LogP contribution is -2.47. The summed E-state index contributed by atoms with van der Waals surface area (Å²) in [6.07, 6.45) is -2.19. The molecule has 0 aliphatic rings. The second kappa shape index (κ2) is 12.1. The zero-order chi connectivity index (χ0) is 22.8. The average Bonchev–Trinajstić information content (AvgIpc) is 2.72. The third-order valence-corrected chi connectivity index (χ3v) is 4.82. The normalized spacial score (nSPS) is 12.5. The van der Waals surface area contributed by atoms with Crippen LogP contribution < -0.4 is 16.4 Å². The highest BCUT2D eigenvalue weighted by atomic mass is 35.5. The lowest BCUT2D eigenvalue weighted by Gasteiger charge is -2.18. The van der Waals surface area contributed by atoms with Crippen molar-refractivity contribution in [3.63, 3.8) is 0 Å². The molecule has 0 aliphatic heterocycles. The fourth-order valence-corrected chi connectivity index (χ4v) is 3.13. The van der Waals surface area contributed by atoms with Crippen molar-refractivity contribution >= 4 is 41.1 Å². The Hall–Kier alpha value is -2.81. The van der Waals surface area contributed by atoms with Gasteiger partial charge in [0.25, 0.3) is 0 Å². The van der Waals surface area contributed by atoms with Crippen LogP contribution in [0, 0.1) is 0 Å². The predicted molar refractivity (Wildman–Crippen MR) is 117 cm³/mol. The molecule has 0 heterocycles. The van der Waals surface area contributed by atoms with Gasteiger partial charge in [-0.2, -0.15) is 0 Å². The van der Waals surface area contributed by atoms with Gasteiger partial charge in [-0.25, -0.2) is 4.79 Å². The van der Waals surface area contributed by atoms with E-state index in [0.29, 0.717) is 15.6 Å². The Kier molecular flexibility index (Phi) is 9.58. The highest BCUT2D eigenvalue weighted by Crippen LogP contribution is 2.22. The number of amides is 3. The van der Waals surface area contributed by atoms with Crippen molar-refractivity contribution in [1.29, 1.82) is 0 Å². The fourth-order valence-electron chi connectivity index (χ4n) is 2.64. The molecule has 8 nitrogen and oxygen atoms in total. The van der Waals surface area contributed by atoms with Crippen molar-refractivity contribution in [3.8, 4) is 0 Å². The van der Waals surface area contributed by atoms with Crippen molar-refractivity contribution in [3.05, 3.63) is 69.7 Å². The molecule has 0 radical (unpaired) electrons. The van der Waals surface area contributed by atoms with Gasteiger partial charge in [0, 0.05) is 23.0 Å². The lowest BCUT2D eigenvalue weighted by molar-refractivity contribution is -0.128. The molecule has 31 heavy (non-hydrogen) atoms. The van der Waals surface area contributed by atoms with Crippen molar-refractivity contribution in [2.45, 2.75) is 31.6 Å². The molecule has 0 saturated heterocycles. The summed E-state index contributed by atoms with van der Waals surface area (Å²) in [6, 6.07) is 12.8. The van der Waals surface area contributed by atoms with E-state index in [2.05, 4.69) is 10.6 Å². The Labute approximate surface area is 189 Å². The SMILES string of the molecule is NC(=O)[C@@H](Cc1ccc(Cl)cc1Cl)NC(=O)C[C@H](O)CNC(=O)OCc1ccccc1. The number of nitrogens with two attached hydrogens (primary N) is 1. The van der Waals surface area contributed by atoms with E-state index in [9.17, 15) is 19.5 Å². The van der Waals surface area contributed by atoms with Crippen LogP contribution in [0.15, 0.2) is 48.5 Å². The molecule has 0 unspecified atom stereocenters. The molecule has 0 saturated carbocycles. The summed E-state index contributed by atoms with van der Waals surface area (Å²) in [5, 5.41) is 15.6. The van der Waals surface area contributed by atoms with Gasteiger partial charge in [0.2, 0.25) is 11.8 Å². The van der Waals surface area contributed by atoms with Crippen molar-refractivity contribution in [2.24, 2.45) is 5.73 Å². The Bertz CT molecular complexity index is 911. The topological polar surface area (TPSA) is 131 Å². The maximum absolute atomic E-state index is 12.2. The summed E-state index contributed by atoms with van der Waals surface area (Å²) in [5.74, 6) is -1.36. The predicted octanol–water partition coefficient (Wildman–Crippen LogP) is 2.18. The number of alkyl carbamates (subject to hydrolysis) is 1. The zero-order valence-corrected chi connectivity index (χ0v) is 18.0. The molecule has 10 heteroatoms. The molecule has 2 aromatic rings. The van der Waals surface area contributed by atoms with Gasteiger partial charge >= 0.3 is 6.09 Å². The van der Waals surface area contributed by atoms with Crippen LogP contribution in [0.3, 0.4) is 0 Å². The molecule has 0 spiro atoms. The molecule has 5 N–H and O–H groups in total. The van der Waals surface area contributed by atoms with Gasteiger partial charge in [0.1, 0.15) is 12.6 Å². The summed E-state index contributed by atoms with van der Waals surface area (Å²) >= 11 is 11.9. The Morgan fingerprint density at radius 2 is 1.81 bits per heavy atom. The number of aliphatic hydroxyl groups is 1. The van der Waals surface area contributed by atoms with Crippen LogP contribution in [0.1, 0.15) is 17.5 Å². The van der Waals surface area contributed by atoms with Crippen molar-refractivity contribution < 1.29 is 24.2 Å². The number of halogens is 2. The highest BCUT2D eigenvalue weighted by molar-refractivity contribution is 6.35. The molecule has 2 aromatic carbocycles. The van der Waals surface area contributed by atoms with Crippen LogP contribution in [0.25, 0.3) is 0 Å². The second-order valence-electron chi connectivity index (χ2n) is 6.76. The molecule has 0 bridgehead atoms. The van der Waals surface area contributed by atoms with E-state index in [-0.39, 0.29) is 26.0 Å². The average molecular weight is 468 g/mol. The number of hydrogen-bond acceptors (Lipinski definition) is 5. The van der Waals surface area contributed by atoms with Crippen LogP contribution in [-0.2, 0) is 27.4 Å². The lowest BCUT2D eigenvalue weighted by atomic mass is 10.0. The number of rotatable bonds is 10. The largest absolute Gasteiger partial charge is 0.445 e. The number of aliphatic hydroxyl groups excluding tert-OH is 1. The van der Waals surface area contributed by atoms with Gasteiger partial charge in [-0.3, -0.25) is 9.59 Å². The smallest absolute Gasteiger partial charge is 0.407 e. The third kappa shape index (κ3) is 8.84. The van der Waals surface area contributed by atoms with E-state index in [1.165, 1.54) is 6.07 Å². The minimum atomic E-state index is -1.18. The van der Waals surface area contributed by atoms with E-state index in [0.717, 1.165) is 5.56 Å². The Morgan fingerprint density at radius 3 is 2.45 bits per heavy atom. The number of benzene rings is 2. The van der Waals surface area contributed by atoms with Crippen molar-refractivity contribution in [1.82, 2.24) is 10.6 Å². The van der Waals surface area contributed by atoms with E-state index in [1.54, 1.807) is 24.3 Å². The third-order valence-electron chi connectivity index (χ3n) is 4.23. The molecule has 0 aliphatic carbocycles. The molecular formula is C21H23Cl2N3O5. The van der Waals surface area contributed by atoms with E-state index in [4.69, 9.17) is 33.7 Å². The standard InChI is InChI=1S/C21H23Cl2N3O5/c22-15-7-6-14(17(23)9-15)8-18(20(24)29)26-19(28)10-16(27)11-25-21(30)31-12-13-4-2-1-3-5-13/h1-7,9,16,18,27H,8,10-12H2,(H2,24,29)(H,25,30)(H,26,28)/t16-,18+/m0/s1. The van der Waals surface area contributed by atoms with E-state index >= 15 is 0 Å². The van der Waals surface area contributed by atoms with Gasteiger partial charge in [-0.15, -0.1) is 0 Å². The minimum Gasteiger partial charge on any atom is -0.445 e. The Morgan fingerprint density at radius 1 is 1.10 bits per heavy atom. The minimum absolute atomic E-state index is 0.0667. The number of carbonyl (C=O) groups is 3. The van der Waals surface area contributed by atoms with E-state index < -0.39 is 30.1 Å². The molecule has 2 rings (SSSR count). The Balaban J connectivity index is 1.77. The second-order valence-corrected chi connectivity index (χ2v) is 7.61. The van der Waals surface area contributed by atoms with Crippen LogP contribution in [0.4, 0.5) is 4.79 Å². The van der Waals surface area contributed by atoms with Gasteiger partial charge in [0.05, 0.1) is 12.5 Å². The van der Waals surface area contributed by atoms with Gasteiger partial charge < -0.3 is 26.2 Å². The molecule has 3 amide bonds. The number of ether oxygens (including phenoxy) is 1. The fraction of sp³-hybridized carbons (Fsp3) is 0.286. The van der Waals surface area contributed by atoms with Gasteiger partial charge in [0.15, 0.2) is 0 Å². The number of carbonyl (C=O) groups excluding carboxylic acids is 3. The first-order valence-electron chi connectivity index (χ1n) is 9.40. The summed E-state index contributed by atoms with van der Waals surface area (Å²) < 4.78 is 5.02. The summed E-state index contributed by atoms with van der Waals surface area (Å²) in [6.45, 7) is -0.123. The van der Waals surface area contributed by atoms with Crippen LogP contribution >= 0.6 is 23.2 Å². The first kappa shape index (κ1) is 24.5.